The van der Waals surface area contributed by atoms with E-state index in [2.05, 4.69) is 10.3 Å². The number of allylic oxidation sites excluding steroid dienone is 1. The molecule has 0 aliphatic heterocycles. The first-order valence-electron chi connectivity index (χ1n) is 9.36. The Morgan fingerprint density at radius 3 is 2.66 bits per heavy atom. The van der Waals surface area contributed by atoms with Crippen LogP contribution in [0.3, 0.4) is 0 Å². The number of ether oxygens (including phenoxy) is 1. The van der Waals surface area contributed by atoms with Crippen LogP contribution in [0.25, 0.3) is 15.8 Å². The molecule has 158 valence electrons. The zero-order valence-electron chi connectivity index (χ0n) is 16.4. The lowest BCUT2D eigenvalue weighted by Gasteiger charge is -2.10. The first-order valence-corrected chi connectivity index (χ1v) is 10.2. The lowest BCUT2D eigenvalue weighted by atomic mass is 10.1. The molecule has 4 aromatic rings. The van der Waals surface area contributed by atoms with Crippen LogP contribution in [0.4, 0.5) is 5.69 Å². The Labute approximate surface area is 186 Å². The molecule has 2 N–H and O–H groups in total. The summed E-state index contributed by atoms with van der Waals surface area (Å²) in [4.78, 5) is 29.2. The number of esters is 1. The minimum atomic E-state index is -0.784. The number of aliphatic hydroxyl groups is 1. The van der Waals surface area contributed by atoms with Crippen molar-refractivity contribution in [3.63, 3.8) is 0 Å². The molecule has 2 aromatic heterocycles. The molecule has 0 aliphatic rings. The zero-order chi connectivity index (χ0) is 22.5. The van der Waals surface area contributed by atoms with E-state index in [4.69, 9.17) is 9.15 Å². The maximum Gasteiger partial charge on any atom is 0.340 e. The topological polar surface area (TPSA) is 125 Å². The summed E-state index contributed by atoms with van der Waals surface area (Å²) in [5.41, 5.74) is 0.928. The van der Waals surface area contributed by atoms with E-state index in [0.29, 0.717) is 10.5 Å². The molecular weight excluding hydrogens is 430 g/mol. The van der Waals surface area contributed by atoms with Crippen LogP contribution in [0.2, 0.25) is 0 Å². The van der Waals surface area contributed by atoms with Crippen LogP contribution in [0.1, 0.15) is 25.9 Å². The van der Waals surface area contributed by atoms with Crippen LogP contribution >= 0.6 is 11.3 Å². The fraction of sp³-hybridized carbons (Fsp3) is 0.0435. The van der Waals surface area contributed by atoms with Gasteiger partial charge in [0.05, 0.1) is 27.7 Å². The third-order valence-electron chi connectivity index (χ3n) is 4.39. The second-order valence-corrected chi connectivity index (χ2v) is 7.50. The largest absolute Gasteiger partial charge is 0.507 e. The van der Waals surface area contributed by atoms with Crippen molar-refractivity contribution < 1.29 is 23.8 Å². The standard InChI is InChI=1S/C23H15N3O5S/c24-12-15(22-26-17-8-3-4-10-20(17)32-22)18(27)13-31-23(29)14-6-1-2-7-16(14)25-21(28)19-9-5-11-30-19/h1-11,27H,13H2,(H,25,28)/b18-15+. The van der Waals surface area contributed by atoms with Gasteiger partial charge in [0.2, 0.25) is 0 Å². The predicted octanol–water partition coefficient (Wildman–Crippen LogP) is 4.79. The van der Waals surface area contributed by atoms with E-state index in [1.165, 1.54) is 35.8 Å². The number of carbonyl (C=O) groups excluding carboxylic acids is 2. The number of aliphatic hydroxyl groups excluding tert-OH is 1. The lowest BCUT2D eigenvalue weighted by molar-refractivity contribution is 0.0504. The number of nitriles is 1. The highest BCUT2D eigenvalue weighted by Crippen LogP contribution is 2.28. The number of thiazole rings is 1. The van der Waals surface area contributed by atoms with E-state index in [-0.39, 0.29) is 22.6 Å². The number of amides is 1. The summed E-state index contributed by atoms with van der Waals surface area (Å²) in [5.74, 6) is -1.64. The van der Waals surface area contributed by atoms with E-state index in [0.717, 1.165) is 4.70 Å². The number of anilines is 1. The molecular formula is C23H15N3O5S. The molecule has 0 saturated heterocycles. The lowest BCUT2D eigenvalue weighted by Crippen LogP contribution is -2.16. The summed E-state index contributed by atoms with van der Waals surface area (Å²) in [6.45, 7) is -0.530. The number of benzene rings is 2. The molecule has 0 aliphatic carbocycles. The maximum atomic E-state index is 12.6. The Morgan fingerprint density at radius 2 is 1.91 bits per heavy atom. The van der Waals surface area contributed by atoms with E-state index in [1.54, 1.807) is 24.3 Å². The van der Waals surface area contributed by atoms with Crippen molar-refractivity contribution >= 4 is 44.7 Å². The van der Waals surface area contributed by atoms with Gasteiger partial charge in [-0.3, -0.25) is 4.79 Å². The Morgan fingerprint density at radius 1 is 1.12 bits per heavy atom. The first-order chi connectivity index (χ1) is 15.6. The summed E-state index contributed by atoms with van der Waals surface area (Å²) in [5, 5.41) is 22.8. The van der Waals surface area contributed by atoms with Gasteiger partial charge in [-0.05, 0) is 36.4 Å². The Hall–Kier alpha value is -4.42. The van der Waals surface area contributed by atoms with Crippen molar-refractivity contribution in [1.29, 1.82) is 5.26 Å². The smallest absolute Gasteiger partial charge is 0.340 e. The molecule has 0 spiro atoms. The molecule has 0 radical (unpaired) electrons. The maximum absolute atomic E-state index is 12.6. The van der Waals surface area contributed by atoms with Gasteiger partial charge in [-0.1, -0.05) is 24.3 Å². The van der Waals surface area contributed by atoms with Crippen LogP contribution in [0.15, 0.2) is 77.1 Å². The molecule has 0 unspecified atom stereocenters. The average Bonchev–Trinajstić information content (AvgIpc) is 3.48. The van der Waals surface area contributed by atoms with Gasteiger partial charge in [-0.2, -0.15) is 5.26 Å². The number of hydrogen-bond acceptors (Lipinski definition) is 8. The molecule has 0 atom stereocenters. The summed E-state index contributed by atoms with van der Waals surface area (Å²) in [7, 11) is 0. The molecule has 32 heavy (non-hydrogen) atoms. The number of furan rings is 1. The average molecular weight is 445 g/mol. The molecule has 2 aromatic carbocycles. The highest BCUT2D eigenvalue weighted by atomic mass is 32.1. The third kappa shape index (κ3) is 4.35. The third-order valence-corrected chi connectivity index (χ3v) is 5.44. The number of fused-ring (bicyclic) bond motifs is 1. The SMILES string of the molecule is N#C/C(=C(\O)COC(=O)c1ccccc1NC(=O)c1ccco1)c1nc2ccccc2s1. The number of rotatable bonds is 6. The monoisotopic (exact) mass is 445 g/mol. The van der Waals surface area contributed by atoms with Crippen LogP contribution < -0.4 is 5.32 Å². The van der Waals surface area contributed by atoms with Gasteiger partial charge < -0.3 is 19.6 Å². The molecule has 1 amide bonds. The second-order valence-electron chi connectivity index (χ2n) is 6.47. The minimum absolute atomic E-state index is 0.0709. The van der Waals surface area contributed by atoms with Crippen molar-refractivity contribution in [3.8, 4) is 6.07 Å². The van der Waals surface area contributed by atoms with Crippen molar-refractivity contribution in [3.05, 3.63) is 89.0 Å². The van der Waals surface area contributed by atoms with Crippen LogP contribution in [-0.4, -0.2) is 28.6 Å². The molecule has 2 heterocycles. The van der Waals surface area contributed by atoms with Gasteiger partial charge in [0, 0.05) is 0 Å². The summed E-state index contributed by atoms with van der Waals surface area (Å²) in [6.07, 6.45) is 1.36. The number of nitrogens with zero attached hydrogens (tertiary/aromatic N) is 2. The molecule has 0 saturated carbocycles. The fourth-order valence-electron chi connectivity index (χ4n) is 2.86. The summed E-state index contributed by atoms with van der Waals surface area (Å²) < 4.78 is 11.1. The molecule has 4 rings (SSSR count). The van der Waals surface area contributed by atoms with Gasteiger partial charge in [-0.25, -0.2) is 9.78 Å². The number of carbonyl (C=O) groups is 2. The van der Waals surface area contributed by atoms with Crippen molar-refractivity contribution in [2.45, 2.75) is 0 Å². The predicted molar refractivity (Wildman–Crippen MR) is 118 cm³/mol. The van der Waals surface area contributed by atoms with Gasteiger partial charge >= 0.3 is 5.97 Å². The van der Waals surface area contributed by atoms with Crippen molar-refractivity contribution in [2.24, 2.45) is 0 Å². The minimum Gasteiger partial charge on any atom is -0.507 e. The normalized spacial score (nSPS) is 11.5. The van der Waals surface area contributed by atoms with Gasteiger partial charge in [0.1, 0.15) is 23.3 Å². The molecule has 0 fully saturated rings. The second kappa shape index (κ2) is 9.16. The van der Waals surface area contributed by atoms with Gasteiger partial charge in [0.25, 0.3) is 5.91 Å². The summed E-state index contributed by atoms with van der Waals surface area (Å²) in [6, 6.07) is 18.6. The quantitative estimate of drug-likeness (QED) is 0.248. The van der Waals surface area contributed by atoms with Gasteiger partial charge in [-0.15, -0.1) is 11.3 Å². The van der Waals surface area contributed by atoms with Gasteiger partial charge in [0.15, 0.2) is 11.5 Å². The number of nitrogens with one attached hydrogen (secondary N) is 1. The highest BCUT2D eigenvalue weighted by molar-refractivity contribution is 7.19. The van der Waals surface area contributed by atoms with E-state index in [9.17, 15) is 20.0 Å². The van der Waals surface area contributed by atoms with E-state index < -0.39 is 24.2 Å². The zero-order valence-corrected chi connectivity index (χ0v) is 17.3. The highest BCUT2D eigenvalue weighted by Gasteiger charge is 2.19. The van der Waals surface area contributed by atoms with Crippen molar-refractivity contribution in [1.82, 2.24) is 4.98 Å². The molecule has 0 bridgehead atoms. The molecule has 8 nitrogen and oxygen atoms in total. The Balaban J connectivity index is 1.50. The van der Waals surface area contributed by atoms with E-state index >= 15 is 0 Å². The van der Waals surface area contributed by atoms with Crippen LogP contribution in [-0.2, 0) is 4.74 Å². The molecule has 9 heteroatoms. The Kier molecular flexibility index (Phi) is 5.96. The number of aromatic nitrogens is 1. The van der Waals surface area contributed by atoms with Crippen LogP contribution in [0, 0.1) is 11.3 Å². The fourth-order valence-corrected chi connectivity index (χ4v) is 3.84. The van der Waals surface area contributed by atoms with Crippen molar-refractivity contribution in [2.75, 3.05) is 11.9 Å². The summed E-state index contributed by atoms with van der Waals surface area (Å²) >= 11 is 1.25. The van der Waals surface area contributed by atoms with Crippen LogP contribution in [0.5, 0.6) is 0 Å². The first kappa shape index (κ1) is 20.8. The van der Waals surface area contributed by atoms with E-state index in [1.807, 2.05) is 24.3 Å². The Bertz CT molecular complexity index is 1330. The number of para-hydroxylation sites is 2. The number of hydrogen-bond donors (Lipinski definition) is 2.